The number of hydrogen-bond acceptors (Lipinski definition) is 5. The van der Waals surface area contributed by atoms with Crippen LogP contribution in [0.25, 0.3) is 11.3 Å². The number of rotatable bonds is 8. The average Bonchev–Trinajstić information content (AvgIpc) is 3.40. The Morgan fingerprint density at radius 2 is 1.81 bits per heavy atom. The van der Waals surface area contributed by atoms with E-state index in [0.29, 0.717) is 36.7 Å². The Kier molecular flexibility index (Phi) is 6.48. The third-order valence-electron chi connectivity index (χ3n) is 6.54. The number of phenolic OH excluding ortho intramolecular Hbond substituents is 1. The standard InChI is InChI=1S/C29H29N3O4/c1-18-15-19(2)24(23(33)16-18)26-25-27(31-30-26)29(34)32(13-14-35-3)28(25)21-9-11-22(12-10-21)36-17-20-7-5-4-6-8-20/h4-12,15-16,28,33H,13-14,17H2,1-3H3,(H,30,31). The van der Waals surface area contributed by atoms with Gasteiger partial charge in [0.2, 0.25) is 0 Å². The summed E-state index contributed by atoms with van der Waals surface area (Å²) in [4.78, 5) is 15.2. The molecule has 0 bridgehead atoms. The van der Waals surface area contributed by atoms with Gasteiger partial charge in [0.1, 0.15) is 29.5 Å². The number of carbonyl (C=O) groups is 1. The van der Waals surface area contributed by atoms with Crippen molar-refractivity contribution in [1.82, 2.24) is 15.1 Å². The molecule has 3 aromatic carbocycles. The summed E-state index contributed by atoms with van der Waals surface area (Å²) in [6.45, 7) is 5.18. The van der Waals surface area contributed by atoms with Crippen LogP contribution in [-0.2, 0) is 11.3 Å². The molecule has 1 aliphatic rings. The lowest BCUT2D eigenvalue weighted by atomic mass is 9.93. The molecule has 36 heavy (non-hydrogen) atoms. The van der Waals surface area contributed by atoms with Gasteiger partial charge in [0, 0.05) is 24.8 Å². The molecular formula is C29H29N3O4. The Morgan fingerprint density at radius 3 is 2.50 bits per heavy atom. The zero-order valence-electron chi connectivity index (χ0n) is 20.6. The molecule has 1 amide bonds. The van der Waals surface area contributed by atoms with Crippen LogP contribution in [0, 0.1) is 13.8 Å². The van der Waals surface area contributed by atoms with Crippen LogP contribution in [0.1, 0.15) is 44.3 Å². The van der Waals surface area contributed by atoms with Crippen LogP contribution in [0.15, 0.2) is 66.7 Å². The smallest absolute Gasteiger partial charge is 0.273 e. The fourth-order valence-corrected chi connectivity index (χ4v) is 4.89. The molecule has 2 heterocycles. The first kappa shape index (κ1) is 23.6. The van der Waals surface area contributed by atoms with E-state index in [1.807, 2.05) is 74.5 Å². The van der Waals surface area contributed by atoms with Gasteiger partial charge in [0.15, 0.2) is 0 Å². The van der Waals surface area contributed by atoms with Gasteiger partial charge in [-0.3, -0.25) is 9.89 Å². The number of ether oxygens (including phenoxy) is 2. The highest BCUT2D eigenvalue weighted by Gasteiger charge is 2.42. The molecule has 7 nitrogen and oxygen atoms in total. The quantitative estimate of drug-likeness (QED) is 0.361. The SMILES string of the molecule is COCCN1C(=O)c2[nH]nc(-c3c(C)cc(C)cc3O)c2C1c1ccc(OCc2ccccc2)cc1. The maximum absolute atomic E-state index is 13.4. The largest absolute Gasteiger partial charge is 0.507 e. The zero-order chi connectivity index (χ0) is 25.2. The van der Waals surface area contributed by atoms with Gasteiger partial charge in [0.25, 0.3) is 5.91 Å². The number of H-pyrrole nitrogens is 1. The lowest BCUT2D eigenvalue weighted by Crippen LogP contribution is -2.32. The highest BCUT2D eigenvalue weighted by Crippen LogP contribution is 2.45. The first-order valence-corrected chi connectivity index (χ1v) is 11.9. The van der Waals surface area contributed by atoms with Gasteiger partial charge in [-0.1, -0.05) is 48.5 Å². The van der Waals surface area contributed by atoms with E-state index in [4.69, 9.17) is 9.47 Å². The van der Waals surface area contributed by atoms with Crippen LogP contribution in [0.4, 0.5) is 0 Å². The molecular weight excluding hydrogens is 454 g/mol. The molecule has 1 aliphatic heterocycles. The molecule has 5 rings (SSSR count). The van der Waals surface area contributed by atoms with Crippen LogP contribution in [0.5, 0.6) is 11.5 Å². The monoisotopic (exact) mass is 483 g/mol. The van der Waals surface area contributed by atoms with Gasteiger partial charge in [-0.15, -0.1) is 0 Å². The molecule has 0 aliphatic carbocycles. The van der Waals surface area contributed by atoms with Crippen LogP contribution in [0.2, 0.25) is 0 Å². The Bertz CT molecular complexity index is 1360. The molecule has 184 valence electrons. The number of aromatic nitrogens is 2. The first-order chi connectivity index (χ1) is 17.5. The van der Waals surface area contributed by atoms with Crippen molar-refractivity contribution in [2.75, 3.05) is 20.3 Å². The van der Waals surface area contributed by atoms with E-state index in [1.54, 1.807) is 18.1 Å². The Labute approximate surface area is 210 Å². The van der Waals surface area contributed by atoms with Crippen LogP contribution < -0.4 is 4.74 Å². The number of amides is 1. The Hall–Kier alpha value is -4.10. The number of hydrogen-bond donors (Lipinski definition) is 2. The van der Waals surface area contributed by atoms with Gasteiger partial charge in [-0.05, 0) is 54.3 Å². The first-order valence-electron chi connectivity index (χ1n) is 11.9. The summed E-state index contributed by atoms with van der Waals surface area (Å²) in [5.41, 5.74) is 6.29. The van der Waals surface area contributed by atoms with Crippen molar-refractivity contribution in [3.05, 3.63) is 100 Å². The van der Waals surface area contributed by atoms with Crippen LogP contribution >= 0.6 is 0 Å². The number of aromatic amines is 1. The number of aryl methyl sites for hydroxylation is 2. The third-order valence-corrected chi connectivity index (χ3v) is 6.54. The lowest BCUT2D eigenvalue weighted by molar-refractivity contribution is 0.0677. The van der Waals surface area contributed by atoms with Crippen molar-refractivity contribution in [2.45, 2.75) is 26.5 Å². The molecule has 0 saturated heterocycles. The highest BCUT2D eigenvalue weighted by atomic mass is 16.5. The molecule has 1 unspecified atom stereocenters. The third kappa shape index (κ3) is 4.33. The van der Waals surface area contributed by atoms with Gasteiger partial charge < -0.3 is 19.5 Å². The van der Waals surface area contributed by atoms with Crippen molar-refractivity contribution in [2.24, 2.45) is 0 Å². The maximum atomic E-state index is 13.4. The molecule has 7 heteroatoms. The van der Waals surface area contributed by atoms with Gasteiger partial charge in [-0.2, -0.15) is 5.10 Å². The minimum Gasteiger partial charge on any atom is -0.507 e. The van der Waals surface area contributed by atoms with Crippen LogP contribution in [-0.4, -0.2) is 46.4 Å². The van der Waals surface area contributed by atoms with Crippen molar-refractivity contribution in [3.8, 4) is 22.8 Å². The summed E-state index contributed by atoms with van der Waals surface area (Å²) in [6.07, 6.45) is 0. The minimum absolute atomic E-state index is 0.139. The highest BCUT2D eigenvalue weighted by molar-refractivity contribution is 6.00. The second kappa shape index (κ2) is 9.87. The second-order valence-electron chi connectivity index (χ2n) is 9.07. The molecule has 0 saturated carbocycles. The zero-order valence-corrected chi connectivity index (χ0v) is 20.6. The number of benzene rings is 3. The number of carbonyl (C=O) groups excluding carboxylic acids is 1. The summed E-state index contributed by atoms with van der Waals surface area (Å²) < 4.78 is 11.3. The van der Waals surface area contributed by atoms with E-state index in [9.17, 15) is 9.90 Å². The van der Waals surface area contributed by atoms with E-state index in [1.165, 1.54) is 0 Å². The molecule has 0 fully saturated rings. The van der Waals surface area contributed by atoms with Crippen molar-refractivity contribution in [1.29, 1.82) is 0 Å². The number of aromatic hydroxyl groups is 1. The van der Waals surface area contributed by atoms with E-state index in [-0.39, 0.29) is 17.7 Å². The second-order valence-corrected chi connectivity index (χ2v) is 9.07. The Morgan fingerprint density at radius 1 is 1.06 bits per heavy atom. The summed E-state index contributed by atoms with van der Waals surface area (Å²) in [6, 6.07) is 21.1. The number of methoxy groups -OCH3 is 1. The Balaban J connectivity index is 1.52. The van der Waals surface area contributed by atoms with Crippen LogP contribution in [0.3, 0.4) is 0 Å². The van der Waals surface area contributed by atoms with E-state index in [0.717, 1.165) is 33.6 Å². The number of phenols is 1. The topological polar surface area (TPSA) is 87.7 Å². The average molecular weight is 484 g/mol. The molecule has 0 spiro atoms. The van der Waals surface area contributed by atoms with Gasteiger partial charge >= 0.3 is 0 Å². The molecule has 1 atom stereocenters. The van der Waals surface area contributed by atoms with Gasteiger partial charge in [-0.25, -0.2) is 0 Å². The van der Waals surface area contributed by atoms with Crippen molar-refractivity contribution < 1.29 is 19.4 Å². The fraction of sp³-hybridized carbons (Fsp3) is 0.241. The number of nitrogens with zero attached hydrogens (tertiary/aromatic N) is 2. The minimum atomic E-state index is -0.375. The molecule has 4 aromatic rings. The predicted molar refractivity (Wildman–Crippen MR) is 137 cm³/mol. The summed E-state index contributed by atoms with van der Waals surface area (Å²) in [7, 11) is 1.62. The fourth-order valence-electron chi connectivity index (χ4n) is 4.89. The number of fused-ring (bicyclic) bond motifs is 1. The summed E-state index contributed by atoms with van der Waals surface area (Å²) >= 11 is 0. The van der Waals surface area contributed by atoms with Crippen molar-refractivity contribution in [3.63, 3.8) is 0 Å². The molecule has 1 aromatic heterocycles. The van der Waals surface area contributed by atoms with E-state index < -0.39 is 0 Å². The summed E-state index contributed by atoms with van der Waals surface area (Å²) in [5, 5.41) is 18.2. The number of nitrogens with one attached hydrogen (secondary N) is 1. The maximum Gasteiger partial charge on any atom is 0.273 e. The van der Waals surface area contributed by atoms with E-state index >= 15 is 0 Å². The van der Waals surface area contributed by atoms with E-state index in [2.05, 4.69) is 10.2 Å². The lowest BCUT2D eigenvalue weighted by Gasteiger charge is -2.26. The normalized spacial score (nSPS) is 14.8. The van der Waals surface area contributed by atoms with Gasteiger partial charge in [0.05, 0.1) is 12.6 Å². The van der Waals surface area contributed by atoms with Crippen molar-refractivity contribution >= 4 is 5.91 Å². The molecule has 2 N–H and O–H groups in total. The summed E-state index contributed by atoms with van der Waals surface area (Å²) in [5.74, 6) is 0.752. The molecule has 0 radical (unpaired) electrons. The predicted octanol–water partition coefficient (Wildman–Crippen LogP) is 5.17.